The first-order valence-electron chi connectivity index (χ1n) is 8.18. The summed E-state index contributed by atoms with van der Waals surface area (Å²) >= 11 is 1.25. The minimum absolute atomic E-state index is 0.0562. The van der Waals surface area contributed by atoms with Crippen LogP contribution in [0.15, 0.2) is 41.4 Å². The van der Waals surface area contributed by atoms with Crippen LogP contribution in [0.4, 0.5) is 0 Å². The molecule has 2 heterocycles. The van der Waals surface area contributed by atoms with E-state index in [0.29, 0.717) is 39.1 Å². The van der Waals surface area contributed by atoms with Crippen LogP contribution in [-0.4, -0.2) is 35.2 Å². The van der Waals surface area contributed by atoms with Gasteiger partial charge in [0, 0.05) is 22.6 Å². The van der Waals surface area contributed by atoms with Crippen molar-refractivity contribution in [2.45, 2.75) is 4.90 Å². The van der Waals surface area contributed by atoms with Crippen LogP contribution in [0.3, 0.4) is 0 Å². The van der Waals surface area contributed by atoms with Gasteiger partial charge in [-0.15, -0.1) is 16.9 Å². The second-order valence-electron chi connectivity index (χ2n) is 5.82. The largest absolute Gasteiger partial charge is 0.780 e. The van der Waals surface area contributed by atoms with Gasteiger partial charge >= 0.3 is 0 Å². The van der Waals surface area contributed by atoms with Crippen molar-refractivity contribution in [3.05, 3.63) is 36.5 Å². The molecule has 1 aliphatic heterocycles. The molecule has 0 radical (unpaired) electrons. The number of phosphoric acid groups is 1. The lowest BCUT2D eigenvalue weighted by atomic mass is 10.1. The zero-order valence-corrected chi connectivity index (χ0v) is 16.9. The molecule has 0 saturated heterocycles. The molecule has 2 aromatic carbocycles. The number of rotatable bonds is 6. The smallest absolute Gasteiger partial charge is 0.231 e. The van der Waals surface area contributed by atoms with Gasteiger partial charge in [0.1, 0.15) is 13.6 Å². The van der Waals surface area contributed by atoms with Crippen LogP contribution in [0.5, 0.6) is 23.0 Å². The number of nitrogens with zero attached hydrogens (tertiary/aromatic N) is 3. The van der Waals surface area contributed by atoms with Crippen LogP contribution in [0.2, 0.25) is 0 Å². The minimum Gasteiger partial charge on any atom is -0.780 e. The molecular formula is C17H14N3O7PS-2. The van der Waals surface area contributed by atoms with Gasteiger partial charge in [0.15, 0.2) is 11.5 Å². The molecule has 10 nitrogen and oxygen atoms in total. The van der Waals surface area contributed by atoms with Gasteiger partial charge in [0.05, 0.1) is 24.7 Å². The molecule has 0 fully saturated rings. The first-order chi connectivity index (χ1) is 13.9. The van der Waals surface area contributed by atoms with Crippen LogP contribution in [-0.2, 0) is 4.57 Å². The van der Waals surface area contributed by atoms with Crippen LogP contribution in [0.25, 0.3) is 16.9 Å². The summed E-state index contributed by atoms with van der Waals surface area (Å²) in [7, 11) is -3.70. The predicted octanol–water partition coefficient (Wildman–Crippen LogP) is 1.60. The molecular weight excluding hydrogens is 421 g/mol. The summed E-state index contributed by atoms with van der Waals surface area (Å²) in [4.78, 5) is 22.7. The highest BCUT2D eigenvalue weighted by Gasteiger charge is 2.22. The maximum atomic E-state index is 11.1. The first-order valence-corrected chi connectivity index (χ1v) is 10.9. The van der Waals surface area contributed by atoms with Gasteiger partial charge in [-0.3, -0.25) is 0 Å². The Balaban J connectivity index is 1.80. The third kappa shape index (κ3) is 3.90. The summed E-state index contributed by atoms with van der Waals surface area (Å²) in [5.41, 5.74) is 1.68. The Morgan fingerprint density at radius 2 is 2.03 bits per heavy atom. The van der Waals surface area contributed by atoms with Crippen LogP contribution in [0, 0.1) is 0 Å². The van der Waals surface area contributed by atoms with E-state index in [0.717, 1.165) is 0 Å². The maximum absolute atomic E-state index is 11.1. The van der Waals surface area contributed by atoms with Gasteiger partial charge in [-0.25, -0.2) is 4.68 Å². The summed E-state index contributed by atoms with van der Waals surface area (Å²) in [5, 5.41) is 8.05. The summed E-state index contributed by atoms with van der Waals surface area (Å²) < 4.78 is 33.4. The molecule has 1 aromatic heterocycles. The van der Waals surface area contributed by atoms with Crippen molar-refractivity contribution in [2.75, 3.05) is 20.2 Å². The molecule has 0 aliphatic carbocycles. The van der Waals surface area contributed by atoms with Gasteiger partial charge in [0.2, 0.25) is 12.5 Å². The van der Waals surface area contributed by atoms with E-state index < -0.39 is 7.82 Å². The highest BCUT2D eigenvalue weighted by atomic mass is 32.2. The Morgan fingerprint density at radius 1 is 1.21 bits per heavy atom. The standard InChI is InChI=1S/C17H16N3O7PS/c1-24-14-6-11(7-15-17(14)26-9-25-15)20-12(8-18-19-20)10-3-4-16(29-2)13(5-10)27-28(21,22)23/h3-8H,9H2,1-2H3,(H2,21,22,23)/p-2. The maximum Gasteiger partial charge on any atom is 0.231 e. The van der Waals surface area contributed by atoms with Crippen molar-refractivity contribution in [2.24, 2.45) is 0 Å². The SMILES string of the molecule is COc1cc(-n2nncc2-c2ccc(SC)c(OP(=O)([O-])[O-])c2)cc2c1OCO2. The summed E-state index contributed by atoms with van der Waals surface area (Å²) in [6, 6.07) is 8.29. The van der Waals surface area contributed by atoms with E-state index in [1.54, 1.807) is 30.5 Å². The number of methoxy groups -OCH3 is 1. The van der Waals surface area contributed by atoms with E-state index in [2.05, 4.69) is 14.8 Å². The first kappa shape index (κ1) is 19.6. The molecule has 0 saturated carbocycles. The van der Waals surface area contributed by atoms with Crippen molar-refractivity contribution in [1.82, 2.24) is 15.0 Å². The van der Waals surface area contributed by atoms with Gasteiger partial charge in [-0.1, -0.05) is 11.3 Å². The fourth-order valence-electron chi connectivity index (χ4n) is 2.89. The monoisotopic (exact) mass is 435 g/mol. The number of phosphoric ester groups is 1. The topological polar surface area (TPSA) is 131 Å². The number of hydrogen-bond acceptors (Lipinski definition) is 10. The second kappa shape index (κ2) is 7.60. The molecule has 0 bridgehead atoms. The predicted molar refractivity (Wildman–Crippen MR) is 99.5 cm³/mol. The quantitative estimate of drug-likeness (QED) is 0.415. The van der Waals surface area contributed by atoms with Crippen molar-refractivity contribution in [3.63, 3.8) is 0 Å². The van der Waals surface area contributed by atoms with E-state index in [9.17, 15) is 14.4 Å². The fourth-order valence-corrected chi connectivity index (χ4v) is 3.85. The molecule has 4 rings (SSSR count). The molecule has 0 N–H and O–H groups in total. The lowest BCUT2D eigenvalue weighted by Crippen LogP contribution is -2.18. The minimum atomic E-state index is -5.21. The molecule has 152 valence electrons. The Hall–Kier alpha value is -2.72. The number of thioether (sulfide) groups is 1. The number of fused-ring (bicyclic) bond motifs is 1. The highest BCUT2D eigenvalue weighted by molar-refractivity contribution is 7.98. The molecule has 12 heteroatoms. The van der Waals surface area contributed by atoms with Gasteiger partial charge in [-0.05, 0) is 18.4 Å². The van der Waals surface area contributed by atoms with Crippen LogP contribution < -0.4 is 28.5 Å². The highest BCUT2D eigenvalue weighted by Crippen LogP contribution is 2.43. The zero-order valence-electron chi connectivity index (χ0n) is 15.2. The Labute approximate surface area is 169 Å². The third-order valence-electron chi connectivity index (χ3n) is 4.11. The van der Waals surface area contributed by atoms with E-state index in [4.69, 9.17) is 14.2 Å². The second-order valence-corrected chi connectivity index (χ2v) is 7.74. The van der Waals surface area contributed by atoms with E-state index >= 15 is 0 Å². The van der Waals surface area contributed by atoms with E-state index in [1.165, 1.54) is 35.8 Å². The zero-order chi connectivity index (χ0) is 20.6. The van der Waals surface area contributed by atoms with E-state index in [1.807, 2.05) is 0 Å². The Morgan fingerprint density at radius 3 is 2.76 bits per heavy atom. The van der Waals surface area contributed by atoms with Crippen molar-refractivity contribution in [1.29, 1.82) is 0 Å². The number of aromatic nitrogens is 3. The van der Waals surface area contributed by atoms with Gasteiger partial charge in [-0.2, -0.15) is 0 Å². The normalized spacial score (nSPS) is 12.8. The average Bonchev–Trinajstić information content (AvgIpc) is 3.35. The lowest BCUT2D eigenvalue weighted by Gasteiger charge is -2.30. The molecule has 0 amide bonds. The van der Waals surface area contributed by atoms with Crippen molar-refractivity contribution < 1.29 is 33.1 Å². The molecule has 0 spiro atoms. The Kier molecular flexibility index (Phi) is 5.13. The van der Waals surface area contributed by atoms with Gasteiger partial charge < -0.3 is 33.1 Å². The summed E-state index contributed by atoms with van der Waals surface area (Å²) in [6.07, 6.45) is 3.25. The number of benzene rings is 2. The van der Waals surface area contributed by atoms with Crippen LogP contribution in [0.1, 0.15) is 0 Å². The lowest BCUT2D eigenvalue weighted by molar-refractivity contribution is -0.333. The summed E-state index contributed by atoms with van der Waals surface area (Å²) in [6.45, 7) is 0.0840. The van der Waals surface area contributed by atoms with Gasteiger partial charge in [0.25, 0.3) is 0 Å². The van der Waals surface area contributed by atoms with Crippen molar-refractivity contribution in [3.8, 4) is 39.9 Å². The average molecular weight is 435 g/mol. The number of hydrogen-bond donors (Lipinski definition) is 0. The molecule has 0 atom stereocenters. The molecule has 0 unspecified atom stereocenters. The molecule has 1 aliphatic rings. The third-order valence-corrected chi connectivity index (χ3v) is 5.30. The molecule has 29 heavy (non-hydrogen) atoms. The Bertz CT molecular complexity index is 1110. The number of ether oxygens (including phenoxy) is 3. The molecule has 3 aromatic rings. The fraction of sp³-hybridized carbons (Fsp3) is 0.176. The van der Waals surface area contributed by atoms with Crippen molar-refractivity contribution >= 4 is 19.6 Å². The van der Waals surface area contributed by atoms with Crippen LogP contribution >= 0.6 is 19.6 Å². The summed E-state index contributed by atoms with van der Waals surface area (Å²) in [5.74, 6) is 1.41. The van der Waals surface area contributed by atoms with E-state index in [-0.39, 0.29) is 12.5 Å².